The Kier molecular flexibility index (Phi) is 7.65. The maximum atomic E-state index is 11.7. The molecule has 15 heavy (non-hydrogen) atoms. The molecule has 0 bridgehead atoms. The molecular formula is C11H21N3O. The molecule has 0 saturated heterocycles. The van der Waals surface area contributed by atoms with Crippen LogP contribution in [0.5, 0.6) is 0 Å². The van der Waals surface area contributed by atoms with Crippen molar-refractivity contribution in [3.8, 4) is 6.07 Å². The van der Waals surface area contributed by atoms with Crippen molar-refractivity contribution in [1.82, 2.24) is 10.2 Å². The van der Waals surface area contributed by atoms with Crippen molar-refractivity contribution in [2.75, 3.05) is 26.2 Å². The summed E-state index contributed by atoms with van der Waals surface area (Å²) in [4.78, 5) is 13.4. The second kappa shape index (κ2) is 8.25. The third kappa shape index (κ3) is 6.08. The van der Waals surface area contributed by atoms with Crippen LogP contribution in [0.1, 0.15) is 27.2 Å². The van der Waals surface area contributed by atoms with E-state index >= 15 is 0 Å². The van der Waals surface area contributed by atoms with E-state index in [1.54, 1.807) is 4.90 Å². The minimum atomic E-state index is -0.0972. The van der Waals surface area contributed by atoms with Crippen LogP contribution in [-0.4, -0.2) is 37.0 Å². The van der Waals surface area contributed by atoms with Gasteiger partial charge in [-0.2, -0.15) is 5.26 Å². The lowest BCUT2D eigenvalue weighted by Crippen LogP contribution is -2.40. The first kappa shape index (κ1) is 13.9. The van der Waals surface area contributed by atoms with Gasteiger partial charge in [0.1, 0.15) is 0 Å². The molecule has 0 aliphatic carbocycles. The summed E-state index contributed by atoms with van der Waals surface area (Å²) in [6.07, 6.45) is 1.02. The smallest absolute Gasteiger partial charge is 0.236 e. The zero-order chi connectivity index (χ0) is 11.7. The van der Waals surface area contributed by atoms with Gasteiger partial charge in [-0.3, -0.25) is 4.79 Å². The highest BCUT2D eigenvalue weighted by atomic mass is 16.2. The van der Waals surface area contributed by atoms with Gasteiger partial charge in [-0.1, -0.05) is 6.92 Å². The van der Waals surface area contributed by atoms with Crippen LogP contribution in [0.25, 0.3) is 0 Å². The number of likely N-dealkylation sites (N-methyl/N-ethyl adjacent to an activating group) is 1. The third-order valence-electron chi connectivity index (χ3n) is 2.15. The summed E-state index contributed by atoms with van der Waals surface area (Å²) < 4.78 is 0. The first-order valence-electron chi connectivity index (χ1n) is 5.53. The maximum absolute atomic E-state index is 11.7. The van der Waals surface area contributed by atoms with Crippen LogP contribution in [-0.2, 0) is 4.79 Å². The highest BCUT2D eigenvalue weighted by Gasteiger charge is 2.13. The first-order valence-corrected chi connectivity index (χ1v) is 5.53. The number of hydrogen-bond donors (Lipinski definition) is 1. The van der Waals surface area contributed by atoms with Crippen LogP contribution in [0.4, 0.5) is 0 Å². The number of carbonyl (C=O) groups is 1. The minimum Gasteiger partial charge on any atom is -0.341 e. The van der Waals surface area contributed by atoms with E-state index in [4.69, 9.17) is 5.26 Å². The number of carbonyl (C=O) groups excluding carboxylic acids is 1. The van der Waals surface area contributed by atoms with Crippen molar-refractivity contribution in [2.45, 2.75) is 27.2 Å². The first-order chi connectivity index (χ1) is 7.15. The van der Waals surface area contributed by atoms with Gasteiger partial charge in [0, 0.05) is 13.1 Å². The molecule has 0 radical (unpaired) electrons. The minimum absolute atomic E-state index is 0.0769. The molecule has 1 amide bonds. The number of nitrogens with one attached hydrogen (secondary N) is 1. The molecule has 0 aromatic carbocycles. The molecule has 1 atom stereocenters. The monoisotopic (exact) mass is 211 g/mol. The van der Waals surface area contributed by atoms with Crippen molar-refractivity contribution in [3.63, 3.8) is 0 Å². The molecule has 0 aliphatic rings. The summed E-state index contributed by atoms with van der Waals surface area (Å²) in [5, 5.41) is 11.7. The van der Waals surface area contributed by atoms with Crippen LogP contribution >= 0.6 is 0 Å². The van der Waals surface area contributed by atoms with Gasteiger partial charge in [0.2, 0.25) is 5.91 Å². The van der Waals surface area contributed by atoms with Crippen LogP contribution in [0.15, 0.2) is 0 Å². The van der Waals surface area contributed by atoms with Gasteiger partial charge in [-0.05, 0) is 26.8 Å². The molecule has 1 unspecified atom stereocenters. The van der Waals surface area contributed by atoms with E-state index in [-0.39, 0.29) is 11.8 Å². The van der Waals surface area contributed by atoms with Crippen molar-refractivity contribution >= 4 is 5.91 Å². The molecule has 0 saturated carbocycles. The van der Waals surface area contributed by atoms with Crippen LogP contribution < -0.4 is 5.32 Å². The Balaban J connectivity index is 3.94. The number of amides is 1. The molecule has 0 spiro atoms. The summed E-state index contributed by atoms with van der Waals surface area (Å²) in [7, 11) is 0. The van der Waals surface area contributed by atoms with Gasteiger partial charge >= 0.3 is 0 Å². The van der Waals surface area contributed by atoms with E-state index in [9.17, 15) is 4.79 Å². The quantitative estimate of drug-likeness (QED) is 0.639. The Hall–Kier alpha value is -1.08. The number of nitrogens with zero attached hydrogens (tertiary/aromatic N) is 2. The summed E-state index contributed by atoms with van der Waals surface area (Å²) >= 11 is 0. The fraction of sp³-hybridized carbons (Fsp3) is 0.818. The van der Waals surface area contributed by atoms with Gasteiger partial charge in [0.05, 0.1) is 18.5 Å². The number of hydrogen-bond acceptors (Lipinski definition) is 3. The lowest BCUT2D eigenvalue weighted by Gasteiger charge is -2.22. The SMILES string of the molecule is CCCNCC(=O)N(CC)CC(C)C#N. The van der Waals surface area contributed by atoms with E-state index in [0.29, 0.717) is 19.6 Å². The highest BCUT2D eigenvalue weighted by Crippen LogP contribution is 1.98. The largest absolute Gasteiger partial charge is 0.341 e. The Morgan fingerprint density at radius 1 is 1.53 bits per heavy atom. The second-order valence-corrected chi connectivity index (χ2v) is 3.64. The van der Waals surface area contributed by atoms with E-state index < -0.39 is 0 Å². The Morgan fingerprint density at radius 2 is 2.20 bits per heavy atom. The van der Waals surface area contributed by atoms with Gasteiger partial charge in [-0.15, -0.1) is 0 Å². The molecule has 0 heterocycles. The molecule has 4 heteroatoms. The number of nitriles is 1. The molecular weight excluding hydrogens is 190 g/mol. The van der Waals surface area contributed by atoms with E-state index in [1.807, 2.05) is 13.8 Å². The third-order valence-corrected chi connectivity index (χ3v) is 2.15. The zero-order valence-corrected chi connectivity index (χ0v) is 9.92. The normalized spacial score (nSPS) is 11.9. The molecule has 0 aromatic rings. The lowest BCUT2D eigenvalue weighted by atomic mass is 10.2. The van der Waals surface area contributed by atoms with Crippen molar-refractivity contribution in [1.29, 1.82) is 5.26 Å². The molecule has 86 valence electrons. The average molecular weight is 211 g/mol. The predicted molar refractivity (Wildman–Crippen MR) is 60.2 cm³/mol. The Morgan fingerprint density at radius 3 is 2.67 bits per heavy atom. The Labute approximate surface area is 92.3 Å². The molecule has 0 aliphatic heterocycles. The van der Waals surface area contributed by atoms with Crippen LogP contribution in [0, 0.1) is 17.2 Å². The van der Waals surface area contributed by atoms with Crippen molar-refractivity contribution in [3.05, 3.63) is 0 Å². The molecule has 1 N–H and O–H groups in total. The van der Waals surface area contributed by atoms with Gasteiger partial charge in [0.15, 0.2) is 0 Å². The molecule has 0 rings (SSSR count). The zero-order valence-electron chi connectivity index (χ0n) is 9.92. The molecule has 0 aromatic heterocycles. The van der Waals surface area contributed by atoms with Crippen molar-refractivity contribution in [2.24, 2.45) is 5.92 Å². The van der Waals surface area contributed by atoms with E-state index in [0.717, 1.165) is 13.0 Å². The maximum Gasteiger partial charge on any atom is 0.236 e. The van der Waals surface area contributed by atoms with E-state index in [2.05, 4.69) is 18.3 Å². The van der Waals surface area contributed by atoms with Crippen molar-refractivity contribution < 1.29 is 4.79 Å². The summed E-state index contributed by atoms with van der Waals surface area (Å²) in [6.45, 7) is 8.25. The fourth-order valence-electron chi connectivity index (χ4n) is 1.26. The van der Waals surface area contributed by atoms with Gasteiger partial charge in [-0.25, -0.2) is 0 Å². The van der Waals surface area contributed by atoms with Crippen LogP contribution in [0.3, 0.4) is 0 Å². The standard InChI is InChI=1S/C11H21N3O/c1-4-6-13-8-11(15)14(5-2)9-10(3)7-12/h10,13H,4-6,8-9H2,1-3H3. The topological polar surface area (TPSA) is 56.1 Å². The Bertz CT molecular complexity index is 222. The number of rotatable bonds is 7. The highest BCUT2D eigenvalue weighted by molar-refractivity contribution is 5.78. The van der Waals surface area contributed by atoms with Gasteiger partial charge < -0.3 is 10.2 Å². The van der Waals surface area contributed by atoms with Crippen LogP contribution in [0.2, 0.25) is 0 Å². The summed E-state index contributed by atoms with van der Waals surface area (Å²) in [5.74, 6) is -0.0203. The second-order valence-electron chi connectivity index (χ2n) is 3.64. The predicted octanol–water partition coefficient (Wildman–Crippen LogP) is 0.994. The lowest BCUT2D eigenvalue weighted by molar-refractivity contribution is -0.130. The van der Waals surface area contributed by atoms with Gasteiger partial charge in [0.25, 0.3) is 0 Å². The fourth-order valence-corrected chi connectivity index (χ4v) is 1.26. The average Bonchev–Trinajstić information content (AvgIpc) is 2.25. The molecule has 0 fully saturated rings. The molecule has 4 nitrogen and oxygen atoms in total. The summed E-state index contributed by atoms with van der Waals surface area (Å²) in [5.41, 5.74) is 0. The van der Waals surface area contributed by atoms with E-state index in [1.165, 1.54) is 0 Å². The summed E-state index contributed by atoms with van der Waals surface area (Å²) in [6, 6.07) is 2.14.